The number of aliphatic hydroxyl groups excluding tert-OH is 1. The lowest BCUT2D eigenvalue weighted by Gasteiger charge is -2.20. The molecule has 0 fully saturated rings. The Morgan fingerprint density at radius 1 is 1.11 bits per heavy atom. The van der Waals surface area contributed by atoms with Gasteiger partial charge in [-0.05, 0) is 41.8 Å². The summed E-state index contributed by atoms with van der Waals surface area (Å²) in [6.07, 6.45) is 2.94. The molecule has 1 aromatic heterocycles. The van der Waals surface area contributed by atoms with Crippen LogP contribution in [-0.4, -0.2) is 10.1 Å². The molecule has 18 heavy (non-hydrogen) atoms. The van der Waals surface area contributed by atoms with Crippen molar-refractivity contribution in [1.82, 2.24) is 4.98 Å². The number of aryl methyl sites for hydroxylation is 1. The maximum Gasteiger partial charge on any atom is 0.0855 e. The van der Waals surface area contributed by atoms with Crippen molar-refractivity contribution in [3.8, 4) is 0 Å². The highest BCUT2D eigenvalue weighted by Crippen LogP contribution is 2.31. The Hall–Kier alpha value is -1.38. The molecular weight excluding hydrogens is 246 g/mol. The third-order valence-electron chi connectivity index (χ3n) is 3.23. The average Bonchev–Trinajstić information content (AvgIpc) is 2.41. The van der Waals surface area contributed by atoms with Crippen LogP contribution in [0, 0.1) is 6.92 Å². The molecule has 1 heterocycles. The van der Waals surface area contributed by atoms with Crippen molar-refractivity contribution in [2.24, 2.45) is 0 Å². The van der Waals surface area contributed by atoms with Gasteiger partial charge in [-0.25, -0.2) is 0 Å². The van der Waals surface area contributed by atoms with Crippen molar-refractivity contribution in [2.75, 3.05) is 0 Å². The van der Waals surface area contributed by atoms with Crippen LogP contribution in [0.1, 0.15) is 35.6 Å². The monoisotopic (exact) mass is 261 g/mol. The van der Waals surface area contributed by atoms with Gasteiger partial charge in [0.25, 0.3) is 0 Å². The third kappa shape index (κ3) is 2.71. The lowest BCUT2D eigenvalue weighted by atomic mass is 9.91. The molecule has 0 saturated heterocycles. The lowest BCUT2D eigenvalue weighted by Crippen LogP contribution is -2.08. The van der Waals surface area contributed by atoms with E-state index in [9.17, 15) is 5.11 Å². The first-order valence-corrected chi connectivity index (χ1v) is 6.31. The molecule has 0 amide bonds. The second-order valence-corrected chi connectivity index (χ2v) is 4.93. The summed E-state index contributed by atoms with van der Waals surface area (Å²) in [6, 6.07) is 9.49. The molecule has 2 nitrogen and oxygen atoms in total. The number of benzene rings is 1. The Morgan fingerprint density at radius 2 is 1.78 bits per heavy atom. The normalized spacial score (nSPS) is 14.2. The number of halogens is 1. The van der Waals surface area contributed by atoms with E-state index in [1.807, 2.05) is 44.2 Å². The minimum absolute atomic E-state index is 0.0218. The fraction of sp³-hybridized carbons (Fsp3) is 0.267. The first-order valence-electron chi connectivity index (χ1n) is 5.93. The van der Waals surface area contributed by atoms with E-state index in [1.165, 1.54) is 0 Å². The second-order valence-electron chi connectivity index (χ2n) is 4.52. The van der Waals surface area contributed by atoms with Crippen molar-refractivity contribution in [2.45, 2.75) is 25.9 Å². The van der Waals surface area contributed by atoms with E-state index in [0.717, 1.165) is 21.7 Å². The summed E-state index contributed by atoms with van der Waals surface area (Å²) in [5, 5.41) is 11.1. The third-order valence-corrected chi connectivity index (χ3v) is 3.65. The maximum atomic E-state index is 10.4. The van der Waals surface area contributed by atoms with Gasteiger partial charge < -0.3 is 5.11 Å². The zero-order chi connectivity index (χ0) is 13.1. The van der Waals surface area contributed by atoms with Gasteiger partial charge in [0, 0.05) is 23.3 Å². The fourth-order valence-electron chi connectivity index (χ4n) is 1.99. The van der Waals surface area contributed by atoms with E-state index >= 15 is 0 Å². The van der Waals surface area contributed by atoms with Gasteiger partial charge in [0.1, 0.15) is 0 Å². The molecule has 0 aliphatic rings. The highest BCUT2D eigenvalue weighted by molar-refractivity contribution is 6.31. The molecule has 2 atom stereocenters. The summed E-state index contributed by atoms with van der Waals surface area (Å²) >= 11 is 5.99. The zero-order valence-electron chi connectivity index (χ0n) is 10.5. The molecule has 0 saturated carbocycles. The molecule has 0 bridgehead atoms. The summed E-state index contributed by atoms with van der Waals surface area (Å²) in [5.74, 6) is 0.0218. The molecule has 3 heteroatoms. The molecule has 1 N–H and O–H groups in total. The van der Waals surface area contributed by atoms with Gasteiger partial charge in [-0.2, -0.15) is 0 Å². The van der Waals surface area contributed by atoms with Gasteiger partial charge in [-0.15, -0.1) is 0 Å². The topological polar surface area (TPSA) is 33.1 Å². The molecule has 2 unspecified atom stereocenters. The SMILES string of the molecule is Cc1cc(C(O)C(C)c2ccncc2)ccc1Cl. The van der Waals surface area contributed by atoms with E-state index in [1.54, 1.807) is 12.4 Å². The van der Waals surface area contributed by atoms with Gasteiger partial charge in [-0.3, -0.25) is 4.98 Å². The van der Waals surface area contributed by atoms with E-state index < -0.39 is 6.10 Å². The summed E-state index contributed by atoms with van der Waals surface area (Å²) < 4.78 is 0. The predicted molar refractivity (Wildman–Crippen MR) is 73.8 cm³/mol. The van der Waals surface area contributed by atoms with Crippen molar-refractivity contribution < 1.29 is 5.11 Å². The molecule has 1 aromatic carbocycles. The van der Waals surface area contributed by atoms with Crippen LogP contribution in [0.3, 0.4) is 0 Å². The molecule has 0 radical (unpaired) electrons. The van der Waals surface area contributed by atoms with Crippen molar-refractivity contribution in [1.29, 1.82) is 0 Å². The first kappa shape index (κ1) is 13.1. The Labute approximate surface area is 112 Å². The van der Waals surface area contributed by atoms with Gasteiger partial charge >= 0.3 is 0 Å². The standard InChI is InChI=1S/C15H16ClNO/c1-10-9-13(3-4-14(10)16)15(18)11(2)12-5-7-17-8-6-12/h3-9,11,15,18H,1-2H3. The fourth-order valence-corrected chi connectivity index (χ4v) is 2.11. The van der Waals surface area contributed by atoms with Crippen LogP contribution >= 0.6 is 11.6 Å². The van der Waals surface area contributed by atoms with Gasteiger partial charge in [0.2, 0.25) is 0 Å². The average molecular weight is 262 g/mol. The maximum absolute atomic E-state index is 10.4. The van der Waals surface area contributed by atoms with Gasteiger partial charge in [0.15, 0.2) is 0 Å². The van der Waals surface area contributed by atoms with Crippen LogP contribution < -0.4 is 0 Å². The summed E-state index contributed by atoms with van der Waals surface area (Å²) in [6.45, 7) is 3.94. The highest BCUT2D eigenvalue weighted by Gasteiger charge is 2.18. The summed E-state index contributed by atoms with van der Waals surface area (Å²) in [4.78, 5) is 3.99. The van der Waals surface area contributed by atoms with Crippen molar-refractivity contribution in [3.63, 3.8) is 0 Å². The van der Waals surface area contributed by atoms with Crippen LogP contribution in [0.25, 0.3) is 0 Å². The van der Waals surface area contributed by atoms with Gasteiger partial charge in [-0.1, -0.05) is 30.7 Å². The van der Waals surface area contributed by atoms with E-state index in [-0.39, 0.29) is 5.92 Å². The van der Waals surface area contributed by atoms with Crippen LogP contribution in [0.15, 0.2) is 42.7 Å². The smallest absolute Gasteiger partial charge is 0.0855 e. The quantitative estimate of drug-likeness (QED) is 0.910. The first-order chi connectivity index (χ1) is 8.59. The largest absolute Gasteiger partial charge is 0.388 e. The minimum Gasteiger partial charge on any atom is -0.388 e. The summed E-state index contributed by atoms with van der Waals surface area (Å²) in [7, 11) is 0. The molecule has 0 spiro atoms. The molecule has 94 valence electrons. The second kappa shape index (κ2) is 5.51. The van der Waals surface area contributed by atoms with Gasteiger partial charge in [0.05, 0.1) is 6.10 Å². The van der Waals surface area contributed by atoms with Crippen molar-refractivity contribution >= 4 is 11.6 Å². The molecule has 0 aliphatic carbocycles. The van der Waals surface area contributed by atoms with Crippen molar-refractivity contribution in [3.05, 3.63) is 64.4 Å². The number of rotatable bonds is 3. The number of aromatic nitrogens is 1. The number of hydrogen-bond acceptors (Lipinski definition) is 2. The minimum atomic E-state index is -0.539. The number of nitrogens with zero attached hydrogens (tertiary/aromatic N) is 1. The van der Waals surface area contributed by atoms with E-state index in [2.05, 4.69) is 4.98 Å². The molecular formula is C15H16ClNO. The van der Waals surface area contributed by atoms with E-state index in [4.69, 9.17) is 11.6 Å². The number of hydrogen-bond donors (Lipinski definition) is 1. The van der Waals surface area contributed by atoms with Crippen LogP contribution in [-0.2, 0) is 0 Å². The lowest BCUT2D eigenvalue weighted by molar-refractivity contribution is 0.151. The molecule has 0 aliphatic heterocycles. The van der Waals surface area contributed by atoms with E-state index in [0.29, 0.717) is 0 Å². The van der Waals surface area contributed by atoms with Crippen LogP contribution in [0.5, 0.6) is 0 Å². The van der Waals surface area contributed by atoms with Crippen LogP contribution in [0.2, 0.25) is 5.02 Å². The number of aliphatic hydroxyl groups is 1. The predicted octanol–water partition coefficient (Wildman–Crippen LogP) is 3.88. The molecule has 2 rings (SSSR count). The molecule has 2 aromatic rings. The Balaban J connectivity index is 2.25. The Bertz CT molecular complexity index is 527. The summed E-state index contributed by atoms with van der Waals surface area (Å²) in [5.41, 5.74) is 2.95. The van der Waals surface area contributed by atoms with Crippen LogP contribution in [0.4, 0.5) is 0 Å². The number of pyridine rings is 1. The Morgan fingerprint density at radius 3 is 2.39 bits per heavy atom. The highest BCUT2D eigenvalue weighted by atomic mass is 35.5. The zero-order valence-corrected chi connectivity index (χ0v) is 11.2. The Kier molecular flexibility index (Phi) is 4.00.